The molecule has 10 nitrogen and oxygen atoms in total. The zero-order valence-corrected chi connectivity index (χ0v) is 20.6. The van der Waals surface area contributed by atoms with E-state index in [2.05, 4.69) is 30.5 Å². The molecule has 4 aromatic rings. The highest BCUT2D eigenvalue weighted by atomic mass is 35.5. The van der Waals surface area contributed by atoms with Crippen LogP contribution in [-0.2, 0) is 6.61 Å². The van der Waals surface area contributed by atoms with Gasteiger partial charge in [0.2, 0.25) is 5.13 Å². The Morgan fingerprint density at radius 1 is 1.14 bits per heavy atom. The summed E-state index contributed by atoms with van der Waals surface area (Å²) in [5, 5.41) is 21.0. The molecule has 0 fully saturated rings. The second-order valence-corrected chi connectivity index (χ2v) is 8.78. The van der Waals surface area contributed by atoms with Gasteiger partial charge in [-0.15, -0.1) is 5.10 Å². The van der Waals surface area contributed by atoms with Gasteiger partial charge in [0.05, 0.1) is 30.7 Å². The van der Waals surface area contributed by atoms with Crippen molar-refractivity contribution in [3.05, 3.63) is 70.5 Å². The number of methoxy groups -OCH3 is 1. The third-order valence-corrected chi connectivity index (χ3v) is 5.89. The van der Waals surface area contributed by atoms with Crippen LogP contribution in [0.5, 0.6) is 10.9 Å². The van der Waals surface area contributed by atoms with Crippen LogP contribution in [0.2, 0.25) is 5.15 Å². The zero-order valence-electron chi connectivity index (χ0n) is 19.0. The first-order valence-corrected chi connectivity index (χ1v) is 11.6. The van der Waals surface area contributed by atoms with Crippen molar-refractivity contribution in [3.63, 3.8) is 0 Å². The summed E-state index contributed by atoms with van der Waals surface area (Å²) in [5.41, 5.74) is 3.59. The van der Waals surface area contributed by atoms with Gasteiger partial charge in [0.1, 0.15) is 17.5 Å². The van der Waals surface area contributed by atoms with Gasteiger partial charge >= 0.3 is 0 Å². The molecule has 180 valence electrons. The number of aliphatic hydroxyl groups is 1. The minimum absolute atomic E-state index is 0.164. The smallest absolute Gasteiger partial charge is 0.296 e. The molecule has 2 N–H and O–H groups in total. The summed E-state index contributed by atoms with van der Waals surface area (Å²) in [6.07, 6.45) is 3.98. The second-order valence-electron chi connectivity index (χ2n) is 7.45. The van der Waals surface area contributed by atoms with Crippen LogP contribution < -0.4 is 14.8 Å². The number of nitrogens with one attached hydrogen (secondary N) is 1. The van der Waals surface area contributed by atoms with Crippen LogP contribution in [0.25, 0.3) is 11.1 Å². The molecular formula is C23H21ClN6O4S. The van der Waals surface area contributed by atoms with Crippen molar-refractivity contribution in [1.29, 1.82) is 0 Å². The summed E-state index contributed by atoms with van der Waals surface area (Å²) in [4.78, 5) is 25.6. The topological polar surface area (TPSA) is 132 Å². The van der Waals surface area contributed by atoms with E-state index < -0.39 is 12.0 Å². The van der Waals surface area contributed by atoms with Gasteiger partial charge in [-0.05, 0) is 48.9 Å². The van der Waals surface area contributed by atoms with Crippen molar-refractivity contribution in [2.75, 3.05) is 12.4 Å². The van der Waals surface area contributed by atoms with Gasteiger partial charge in [0.25, 0.3) is 11.1 Å². The number of hydrogen-bond donors (Lipinski definition) is 2. The molecule has 0 aromatic carbocycles. The molecule has 1 atom stereocenters. The van der Waals surface area contributed by atoms with Crippen LogP contribution in [-0.4, -0.2) is 43.3 Å². The largest absolute Gasteiger partial charge is 0.494 e. The lowest BCUT2D eigenvalue weighted by Gasteiger charge is -2.13. The molecule has 0 spiro atoms. The highest BCUT2D eigenvalue weighted by Crippen LogP contribution is 2.34. The molecule has 0 saturated heterocycles. The van der Waals surface area contributed by atoms with E-state index in [1.54, 1.807) is 37.4 Å². The maximum atomic E-state index is 13.1. The van der Waals surface area contributed by atoms with E-state index in [1.807, 2.05) is 6.92 Å². The Hall–Kier alpha value is -3.67. The Balaban J connectivity index is 1.49. The third-order valence-electron chi connectivity index (χ3n) is 4.93. The van der Waals surface area contributed by atoms with Crippen molar-refractivity contribution in [2.24, 2.45) is 0 Å². The maximum absolute atomic E-state index is 13.1. The Morgan fingerprint density at radius 3 is 2.69 bits per heavy atom. The number of carbonyl (C=O) groups is 1. The molecule has 0 saturated carbocycles. The van der Waals surface area contributed by atoms with Gasteiger partial charge in [-0.3, -0.25) is 20.1 Å². The van der Waals surface area contributed by atoms with Gasteiger partial charge in [-0.2, -0.15) is 0 Å². The normalized spacial score (nSPS) is 11.7. The molecule has 0 radical (unpaired) electrons. The number of aliphatic hydroxyl groups excluding tert-OH is 1. The number of anilines is 1. The van der Waals surface area contributed by atoms with E-state index in [1.165, 1.54) is 19.5 Å². The van der Waals surface area contributed by atoms with Crippen molar-refractivity contribution >= 4 is 34.0 Å². The summed E-state index contributed by atoms with van der Waals surface area (Å²) in [6, 6.07) is 6.94. The number of ether oxygens (including phenoxy) is 2. The molecule has 0 bridgehead atoms. The van der Waals surface area contributed by atoms with Gasteiger partial charge in [0.15, 0.2) is 0 Å². The van der Waals surface area contributed by atoms with E-state index in [0.717, 1.165) is 11.3 Å². The minimum atomic E-state index is -0.590. The molecule has 0 aliphatic carbocycles. The van der Waals surface area contributed by atoms with Crippen LogP contribution in [0.1, 0.15) is 40.3 Å². The average molecular weight is 513 g/mol. The minimum Gasteiger partial charge on any atom is -0.494 e. The Labute approximate surface area is 210 Å². The Kier molecular flexibility index (Phi) is 7.49. The number of hydrogen-bond acceptors (Lipinski definition) is 10. The summed E-state index contributed by atoms with van der Waals surface area (Å²) >= 11 is 7.17. The summed E-state index contributed by atoms with van der Waals surface area (Å²) in [7, 11) is 1.52. The number of nitrogens with zero attached hydrogens (tertiary/aromatic N) is 5. The molecule has 4 rings (SSSR count). The molecule has 0 aliphatic heterocycles. The molecule has 4 heterocycles. The van der Waals surface area contributed by atoms with Gasteiger partial charge in [0, 0.05) is 29.2 Å². The highest BCUT2D eigenvalue weighted by Gasteiger charge is 2.19. The lowest BCUT2D eigenvalue weighted by atomic mass is 10.0. The van der Waals surface area contributed by atoms with E-state index in [9.17, 15) is 9.90 Å². The van der Waals surface area contributed by atoms with Crippen molar-refractivity contribution in [2.45, 2.75) is 26.6 Å². The fraction of sp³-hybridized carbons (Fsp3) is 0.217. The van der Waals surface area contributed by atoms with Crippen LogP contribution in [0.4, 0.5) is 5.13 Å². The SMILES string of the molecule is COc1cnc(Cl)cc1-c1cc(C)ncc1C(=O)Nc1nnc(OCc2ccc(C(C)O)cn2)s1. The number of pyridine rings is 3. The number of halogens is 1. The number of amides is 1. The van der Waals surface area contributed by atoms with Gasteiger partial charge in [-0.1, -0.05) is 22.8 Å². The molecule has 0 aliphatic rings. The molecule has 1 amide bonds. The first-order valence-electron chi connectivity index (χ1n) is 10.4. The summed E-state index contributed by atoms with van der Waals surface area (Å²) < 4.78 is 11.0. The van der Waals surface area contributed by atoms with Crippen LogP contribution in [0, 0.1) is 6.92 Å². The molecule has 1 unspecified atom stereocenters. The number of aryl methyl sites for hydroxylation is 1. The number of carbonyl (C=O) groups excluding carboxylic acids is 1. The Bertz CT molecular complexity index is 1350. The fourth-order valence-electron chi connectivity index (χ4n) is 3.14. The third kappa shape index (κ3) is 5.88. The first-order chi connectivity index (χ1) is 16.8. The first kappa shape index (κ1) is 24.5. The van der Waals surface area contributed by atoms with Crippen molar-refractivity contribution in [3.8, 4) is 22.1 Å². The van der Waals surface area contributed by atoms with Crippen LogP contribution >= 0.6 is 22.9 Å². The van der Waals surface area contributed by atoms with Crippen LogP contribution in [0.3, 0.4) is 0 Å². The maximum Gasteiger partial charge on any atom is 0.296 e. The van der Waals surface area contributed by atoms with Crippen molar-refractivity contribution in [1.82, 2.24) is 25.1 Å². The fourth-order valence-corrected chi connectivity index (χ4v) is 3.89. The van der Waals surface area contributed by atoms with Gasteiger partial charge < -0.3 is 14.6 Å². The van der Waals surface area contributed by atoms with Gasteiger partial charge in [-0.25, -0.2) is 4.98 Å². The van der Waals surface area contributed by atoms with Crippen molar-refractivity contribution < 1.29 is 19.4 Å². The molecule has 4 aromatic heterocycles. The molecular weight excluding hydrogens is 492 g/mol. The van der Waals surface area contributed by atoms with Crippen LogP contribution in [0.15, 0.2) is 42.9 Å². The van der Waals surface area contributed by atoms with E-state index in [0.29, 0.717) is 39.4 Å². The lowest BCUT2D eigenvalue weighted by molar-refractivity contribution is 0.102. The average Bonchev–Trinajstić information content (AvgIpc) is 3.30. The zero-order chi connectivity index (χ0) is 24.9. The Morgan fingerprint density at radius 2 is 1.97 bits per heavy atom. The standard InChI is InChI=1S/C23H21ClN6O4S/c1-12-6-16(17-7-20(24)27-10-19(17)33-3)18(9-25-12)21(32)28-22-29-30-23(35-22)34-11-15-5-4-14(8-26-15)13(2)31/h4-10,13,31H,11H2,1-3H3,(H,28,29,32). The monoisotopic (exact) mass is 512 g/mol. The summed E-state index contributed by atoms with van der Waals surface area (Å²) in [5.74, 6) is 0.0382. The predicted octanol–water partition coefficient (Wildman–Crippen LogP) is 4.25. The molecule has 12 heteroatoms. The summed E-state index contributed by atoms with van der Waals surface area (Å²) in [6.45, 7) is 3.65. The van der Waals surface area contributed by atoms with E-state index in [-0.39, 0.29) is 22.1 Å². The molecule has 35 heavy (non-hydrogen) atoms. The number of rotatable bonds is 8. The van der Waals surface area contributed by atoms with E-state index in [4.69, 9.17) is 21.1 Å². The highest BCUT2D eigenvalue weighted by molar-refractivity contribution is 7.17. The quantitative estimate of drug-likeness (QED) is 0.332. The second kappa shape index (κ2) is 10.7. The number of aromatic nitrogens is 5. The van der Waals surface area contributed by atoms with E-state index >= 15 is 0 Å². The lowest BCUT2D eigenvalue weighted by Crippen LogP contribution is -2.14. The predicted molar refractivity (Wildman–Crippen MR) is 131 cm³/mol.